The predicted molar refractivity (Wildman–Crippen MR) is 66.7 cm³/mol. The molecule has 1 atom stereocenters. The van der Waals surface area contributed by atoms with E-state index in [1.807, 2.05) is 18.2 Å². The van der Waals surface area contributed by atoms with Gasteiger partial charge in [0.1, 0.15) is 6.29 Å². The molecule has 1 fully saturated rings. The number of benzene rings is 1. The summed E-state index contributed by atoms with van der Waals surface area (Å²) in [4.78, 5) is 24.9. The molecule has 0 spiro atoms. The number of carbonyl (C=O) groups excluding carboxylic acids is 2. The molecular weight excluding hydrogens is 229 g/mol. The van der Waals surface area contributed by atoms with Crippen molar-refractivity contribution in [1.82, 2.24) is 4.90 Å². The monoisotopic (exact) mass is 242 g/mol. The van der Waals surface area contributed by atoms with Crippen molar-refractivity contribution >= 4 is 25.1 Å². The average molecular weight is 242 g/mol. The highest BCUT2D eigenvalue weighted by molar-refractivity contribution is 6.49. The van der Waals surface area contributed by atoms with Gasteiger partial charge in [0.2, 0.25) is 0 Å². The van der Waals surface area contributed by atoms with Gasteiger partial charge < -0.3 is 14.3 Å². The first-order chi connectivity index (χ1) is 8.79. The Kier molecular flexibility index (Phi) is 2.92. The van der Waals surface area contributed by atoms with E-state index in [9.17, 15) is 9.59 Å². The molecule has 18 heavy (non-hydrogen) atoms. The van der Waals surface area contributed by atoms with Crippen molar-refractivity contribution in [3.05, 3.63) is 29.3 Å². The standard InChI is InChI=1S/C13H13BNO3/c16-7-11-2-1-5-15(11)13(17)9-3-4-10-8-18-14-12(10)6-9/h3-4,6-7,11H,1-2,5,8H2. The Bertz CT molecular complexity index is 503. The van der Waals surface area contributed by atoms with Crippen LogP contribution in [0, 0.1) is 0 Å². The van der Waals surface area contributed by atoms with E-state index in [0.29, 0.717) is 18.7 Å². The first-order valence-electron chi connectivity index (χ1n) is 6.13. The van der Waals surface area contributed by atoms with Crippen molar-refractivity contribution in [3.63, 3.8) is 0 Å². The van der Waals surface area contributed by atoms with Crippen LogP contribution in [0.4, 0.5) is 0 Å². The molecule has 0 saturated carbocycles. The molecule has 2 aliphatic heterocycles. The normalized spacial score (nSPS) is 21.6. The Labute approximate surface area is 106 Å². The van der Waals surface area contributed by atoms with E-state index < -0.39 is 0 Å². The molecule has 5 heteroatoms. The highest BCUT2D eigenvalue weighted by Crippen LogP contribution is 2.19. The van der Waals surface area contributed by atoms with Crippen LogP contribution in [-0.4, -0.2) is 37.2 Å². The first kappa shape index (κ1) is 11.5. The molecule has 1 unspecified atom stereocenters. The van der Waals surface area contributed by atoms with E-state index in [2.05, 4.69) is 0 Å². The molecule has 0 aliphatic carbocycles. The van der Waals surface area contributed by atoms with Crippen molar-refractivity contribution in [1.29, 1.82) is 0 Å². The third-order valence-corrected chi connectivity index (χ3v) is 3.56. The average Bonchev–Trinajstić information content (AvgIpc) is 3.05. The number of likely N-dealkylation sites (tertiary alicyclic amines) is 1. The minimum atomic E-state index is -0.258. The van der Waals surface area contributed by atoms with E-state index >= 15 is 0 Å². The van der Waals surface area contributed by atoms with Crippen LogP contribution in [0.1, 0.15) is 28.8 Å². The van der Waals surface area contributed by atoms with Crippen molar-refractivity contribution in [2.24, 2.45) is 0 Å². The van der Waals surface area contributed by atoms with Gasteiger partial charge in [-0.2, -0.15) is 0 Å². The Balaban J connectivity index is 1.86. The minimum absolute atomic E-state index is 0.0623. The molecule has 1 amide bonds. The van der Waals surface area contributed by atoms with Crippen LogP contribution < -0.4 is 5.46 Å². The van der Waals surface area contributed by atoms with Crippen molar-refractivity contribution in [3.8, 4) is 0 Å². The maximum absolute atomic E-state index is 12.3. The second kappa shape index (κ2) is 4.57. The van der Waals surface area contributed by atoms with Crippen LogP contribution in [0.25, 0.3) is 0 Å². The molecule has 0 bridgehead atoms. The molecule has 4 nitrogen and oxygen atoms in total. The van der Waals surface area contributed by atoms with E-state index in [1.165, 1.54) is 0 Å². The second-order valence-corrected chi connectivity index (χ2v) is 4.69. The number of rotatable bonds is 2. The number of hydrogen-bond donors (Lipinski definition) is 0. The van der Waals surface area contributed by atoms with Gasteiger partial charge in [0.15, 0.2) is 0 Å². The van der Waals surface area contributed by atoms with Gasteiger partial charge in [-0.05, 0) is 29.9 Å². The summed E-state index contributed by atoms with van der Waals surface area (Å²) in [6, 6.07) is 5.30. The Hall–Kier alpha value is -1.62. The Morgan fingerprint density at radius 1 is 1.50 bits per heavy atom. The van der Waals surface area contributed by atoms with Crippen LogP contribution in [0.5, 0.6) is 0 Å². The van der Waals surface area contributed by atoms with Gasteiger partial charge in [-0.25, -0.2) is 0 Å². The summed E-state index contributed by atoms with van der Waals surface area (Å²) in [6.07, 6.45) is 2.54. The van der Waals surface area contributed by atoms with Crippen molar-refractivity contribution in [2.75, 3.05) is 6.54 Å². The molecule has 0 aromatic heterocycles. The highest BCUT2D eigenvalue weighted by Gasteiger charge is 2.29. The van der Waals surface area contributed by atoms with Gasteiger partial charge >= 0.3 is 7.48 Å². The lowest BCUT2D eigenvalue weighted by Gasteiger charge is -2.20. The number of hydrogen-bond acceptors (Lipinski definition) is 3. The summed E-state index contributed by atoms with van der Waals surface area (Å²) >= 11 is 0. The van der Waals surface area contributed by atoms with E-state index in [0.717, 1.165) is 30.2 Å². The lowest BCUT2D eigenvalue weighted by atomic mass is 9.86. The number of fused-ring (bicyclic) bond motifs is 1. The van der Waals surface area contributed by atoms with Crippen LogP contribution in [0.15, 0.2) is 18.2 Å². The molecule has 0 N–H and O–H groups in total. The van der Waals surface area contributed by atoms with Gasteiger partial charge in [-0.15, -0.1) is 0 Å². The van der Waals surface area contributed by atoms with Crippen LogP contribution in [0.3, 0.4) is 0 Å². The molecule has 3 rings (SSSR count). The molecule has 1 saturated heterocycles. The van der Waals surface area contributed by atoms with E-state index in [1.54, 1.807) is 12.4 Å². The number of nitrogens with zero attached hydrogens (tertiary/aromatic N) is 1. The zero-order chi connectivity index (χ0) is 12.5. The minimum Gasteiger partial charge on any atom is -0.430 e. The number of aldehydes is 1. The molecule has 1 aromatic rings. The largest absolute Gasteiger partial charge is 0.430 e. The summed E-state index contributed by atoms with van der Waals surface area (Å²) in [7, 11) is 1.67. The van der Waals surface area contributed by atoms with Gasteiger partial charge in [-0.1, -0.05) is 12.1 Å². The van der Waals surface area contributed by atoms with Gasteiger partial charge in [-0.3, -0.25) is 4.79 Å². The Morgan fingerprint density at radius 2 is 2.39 bits per heavy atom. The predicted octanol–water partition coefficient (Wildman–Crippen LogP) is 0.265. The first-order valence-corrected chi connectivity index (χ1v) is 6.13. The summed E-state index contributed by atoms with van der Waals surface area (Å²) in [5.74, 6) is -0.0623. The third kappa shape index (κ3) is 1.84. The van der Waals surface area contributed by atoms with Crippen LogP contribution >= 0.6 is 0 Å². The number of amides is 1. The third-order valence-electron chi connectivity index (χ3n) is 3.56. The second-order valence-electron chi connectivity index (χ2n) is 4.69. The fourth-order valence-corrected chi connectivity index (χ4v) is 2.54. The maximum Gasteiger partial charge on any atom is 0.330 e. The SMILES string of the molecule is O=CC1CCCN1C(=O)c1ccc2c(c1)[B]OC2. The van der Waals surface area contributed by atoms with Crippen LogP contribution in [-0.2, 0) is 16.1 Å². The summed E-state index contributed by atoms with van der Waals surface area (Å²) in [6.45, 7) is 1.24. The zero-order valence-corrected chi connectivity index (χ0v) is 9.96. The molecule has 2 aliphatic rings. The fraction of sp³-hybridized carbons (Fsp3) is 0.385. The molecular formula is C13H13BNO3. The smallest absolute Gasteiger partial charge is 0.330 e. The van der Waals surface area contributed by atoms with Gasteiger partial charge in [0, 0.05) is 12.1 Å². The zero-order valence-electron chi connectivity index (χ0n) is 9.96. The summed E-state index contributed by atoms with van der Waals surface area (Å²) < 4.78 is 5.21. The summed E-state index contributed by atoms with van der Waals surface area (Å²) in [5.41, 5.74) is 2.69. The molecule has 91 valence electrons. The lowest BCUT2D eigenvalue weighted by Crippen LogP contribution is -2.36. The molecule has 2 heterocycles. The van der Waals surface area contributed by atoms with Gasteiger partial charge in [0.25, 0.3) is 5.91 Å². The quantitative estimate of drug-likeness (QED) is 0.552. The van der Waals surface area contributed by atoms with Crippen LogP contribution in [0.2, 0.25) is 0 Å². The van der Waals surface area contributed by atoms with Crippen molar-refractivity contribution < 1.29 is 14.2 Å². The maximum atomic E-state index is 12.3. The topological polar surface area (TPSA) is 46.6 Å². The molecule has 1 aromatic carbocycles. The van der Waals surface area contributed by atoms with Gasteiger partial charge in [0.05, 0.1) is 12.6 Å². The fourth-order valence-electron chi connectivity index (χ4n) is 2.54. The number of carbonyl (C=O) groups is 2. The highest BCUT2D eigenvalue weighted by atomic mass is 16.4. The lowest BCUT2D eigenvalue weighted by molar-refractivity contribution is -0.111. The summed E-state index contributed by atoms with van der Waals surface area (Å²) in [5, 5.41) is 0. The van der Waals surface area contributed by atoms with Crippen molar-refractivity contribution in [2.45, 2.75) is 25.5 Å². The molecule has 1 radical (unpaired) electrons. The van der Waals surface area contributed by atoms with E-state index in [-0.39, 0.29) is 11.9 Å². The Morgan fingerprint density at radius 3 is 3.22 bits per heavy atom. The van der Waals surface area contributed by atoms with E-state index in [4.69, 9.17) is 4.65 Å².